The van der Waals surface area contributed by atoms with Crippen LogP contribution in [0.1, 0.15) is 39.1 Å². The first-order valence-corrected chi connectivity index (χ1v) is 8.60. The van der Waals surface area contributed by atoms with Gasteiger partial charge in [-0.3, -0.25) is 0 Å². The van der Waals surface area contributed by atoms with E-state index in [1.165, 1.54) is 0 Å². The van der Waals surface area contributed by atoms with E-state index >= 15 is 0 Å². The predicted octanol–water partition coefficient (Wildman–Crippen LogP) is 3.15. The van der Waals surface area contributed by atoms with Crippen LogP contribution in [0, 0.1) is 0 Å². The van der Waals surface area contributed by atoms with Crippen LogP contribution in [0.25, 0.3) is 22.4 Å². The average Bonchev–Trinajstić information content (AvgIpc) is 3.12. The van der Waals surface area contributed by atoms with Crippen molar-refractivity contribution in [3.05, 3.63) is 36.3 Å². The zero-order valence-corrected chi connectivity index (χ0v) is 14.7. The fourth-order valence-corrected chi connectivity index (χ4v) is 3.19. The summed E-state index contributed by atoms with van der Waals surface area (Å²) in [7, 11) is 0. The molecule has 6 nitrogen and oxygen atoms in total. The zero-order valence-electron chi connectivity index (χ0n) is 14.7. The molecule has 3 aromatic heterocycles. The second-order valence-corrected chi connectivity index (χ2v) is 7.31. The Bertz CT molecular complexity index is 927. The molecule has 4 heterocycles. The lowest BCUT2D eigenvalue weighted by molar-refractivity contribution is 0.0268. The highest BCUT2D eigenvalue weighted by molar-refractivity contribution is 5.76. The molecule has 0 bridgehead atoms. The van der Waals surface area contributed by atoms with Gasteiger partial charge in [0.1, 0.15) is 17.9 Å². The number of aliphatic hydroxyl groups is 1. The lowest BCUT2D eigenvalue weighted by atomic mass is 10.1. The molecule has 1 aliphatic heterocycles. The topological polar surface area (TPSA) is 73.1 Å². The number of aryl methyl sites for hydroxylation is 1. The van der Waals surface area contributed by atoms with E-state index in [0.717, 1.165) is 41.1 Å². The Morgan fingerprint density at radius 1 is 1.28 bits per heavy atom. The Morgan fingerprint density at radius 2 is 2.12 bits per heavy atom. The van der Waals surface area contributed by atoms with Crippen LogP contribution >= 0.6 is 0 Å². The Balaban J connectivity index is 1.69. The molecular weight excluding hydrogens is 316 g/mol. The van der Waals surface area contributed by atoms with E-state index in [2.05, 4.69) is 21.5 Å². The van der Waals surface area contributed by atoms with Crippen molar-refractivity contribution in [1.82, 2.24) is 19.5 Å². The van der Waals surface area contributed by atoms with Crippen molar-refractivity contribution < 1.29 is 9.84 Å². The monoisotopic (exact) mass is 338 g/mol. The molecule has 0 aliphatic carbocycles. The SMILES string of the molecule is C[C@H]1CCc2nc3ccc(-c4ccnc(OCC(C)(C)O)c4)nc3n21. The number of fused-ring (bicyclic) bond motifs is 3. The fourth-order valence-electron chi connectivity index (χ4n) is 3.19. The van der Waals surface area contributed by atoms with Gasteiger partial charge in [0.25, 0.3) is 0 Å². The molecule has 130 valence electrons. The van der Waals surface area contributed by atoms with Gasteiger partial charge >= 0.3 is 0 Å². The molecule has 1 atom stereocenters. The molecule has 0 fully saturated rings. The third kappa shape index (κ3) is 3.09. The number of hydrogen-bond donors (Lipinski definition) is 1. The lowest BCUT2D eigenvalue weighted by Gasteiger charge is -2.17. The summed E-state index contributed by atoms with van der Waals surface area (Å²) in [5.74, 6) is 1.60. The van der Waals surface area contributed by atoms with Crippen LogP contribution in [0.3, 0.4) is 0 Å². The van der Waals surface area contributed by atoms with Gasteiger partial charge in [0.15, 0.2) is 5.65 Å². The number of hydrogen-bond acceptors (Lipinski definition) is 5. The fraction of sp³-hybridized carbons (Fsp3) is 0.421. The molecule has 0 unspecified atom stereocenters. The van der Waals surface area contributed by atoms with E-state index in [1.807, 2.05) is 24.3 Å². The first kappa shape index (κ1) is 16.0. The molecule has 0 radical (unpaired) electrons. The molecule has 4 rings (SSSR count). The smallest absolute Gasteiger partial charge is 0.213 e. The molecule has 25 heavy (non-hydrogen) atoms. The molecule has 0 amide bonds. The number of pyridine rings is 2. The van der Waals surface area contributed by atoms with E-state index in [-0.39, 0.29) is 6.61 Å². The molecule has 0 aromatic carbocycles. The summed E-state index contributed by atoms with van der Waals surface area (Å²) < 4.78 is 7.83. The Hall–Kier alpha value is -2.47. The van der Waals surface area contributed by atoms with Gasteiger partial charge < -0.3 is 14.4 Å². The summed E-state index contributed by atoms with van der Waals surface area (Å²) in [4.78, 5) is 13.7. The van der Waals surface area contributed by atoms with E-state index in [9.17, 15) is 5.11 Å². The van der Waals surface area contributed by atoms with Gasteiger partial charge in [0.2, 0.25) is 5.88 Å². The highest BCUT2D eigenvalue weighted by atomic mass is 16.5. The van der Waals surface area contributed by atoms with Crippen LogP contribution in [0.2, 0.25) is 0 Å². The van der Waals surface area contributed by atoms with Gasteiger partial charge in [0.05, 0.1) is 11.3 Å². The van der Waals surface area contributed by atoms with Gasteiger partial charge in [-0.05, 0) is 45.4 Å². The molecule has 0 saturated heterocycles. The normalized spacial score (nSPS) is 17.0. The Labute approximate surface area is 146 Å². The van der Waals surface area contributed by atoms with E-state index in [0.29, 0.717) is 11.9 Å². The van der Waals surface area contributed by atoms with Crippen molar-refractivity contribution in [1.29, 1.82) is 0 Å². The van der Waals surface area contributed by atoms with Crippen molar-refractivity contribution in [2.24, 2.45) is 0 Å². The number of rotatable bonds is 4. The van der Waals surface area contributed by atoms with Crippen LogP contribution in [0.15, 0.2) is 30.5 Å². The highest BCUT2D eigenvalue weighted by Crippen LogP contribution is 2.31. The van der Waals surface area contributed by atoms with Crippen molar-refractivity contribution in [3.63, 3.8) is 0 Å². The van der Waals surface area contributed by atoms with E-state index < -0.39 is 5.60 Å². The first-order chi connectivity index (χ1) is 11.9. The van der Waals surface area contributed by atoms with Crippen molar-refractivity contribution in [3.8, 4) is 17.1 Å². The van der Waals surface area contributed by atoms with Crippen molar-refractivity contribution in [2.45, 2.75) is 45.3 Å². The molecule has 0 saturated carbocycles. The lowest BCUT2D eigenvalue weighted by Crippen LogP contribution is -2.28. The Morgan fingerprint density at radius 3 is 2.92 bits per heavy atom. The van der Waals surface area contributed by atoms with Crippen LogP contribution in [0.5, 0.6) is 5.88 Å². The number of nitrogens with zero attached hydrogens (tertiary/aromatic N) is 4. The summed E-state index contributed by atoms with van der Waals surface area (Å²) in [6, 6.07) is 8.20. The minimum absolute atomic E-state index is 0.184. The second kappa shape index (κ2) is 5.81. The third-order valence-electron chi connectivity index (χ3n) is 4.44. The van der Waals surface area contributed by atoms with Crippen LogP contribution < -0.4 is 4.74 Å². The van der Waals surface area contributed by atoms with Gasteiger partial charge in [-0.1, -0.05) is 0 Å². The van der Waals surface area contributed by atoms with Crippen molar-refractivity contribution >= 4 is 11.2 Å². The van der Waals surface area contributed by atoms with Crippen LogP contribution in [0.4, 0.5) is 0 Å². The van der Waals surface area contributed by atoms with Gasteiger partial charge in [-0.15, -0.1) is 0 Å². The van der Waals surface area contributed by atoms with Gasteiger partial charge in [-0.25, -0.2) is 15.0 Å². The summed E-state index contributed by atoms with van der Waals surface area (Å²) >= 11 is 0. The predicted molar refractivity (Wildman–Crippen MR) is 95.6 cm³/mol. The molecule has 1 N–H and O–H groups in total. The largest absolute Gasteiger partial charge is 0.475 e. The van der Waals surface area contributed by atoms with Crippen LogP contribution in [-0.2, 0) is 6.42 Å². The van der Waals surface area contributed by atoms with E-state index in [4.69, 9.17) is 9.72 Å². The van der Waals surface area contributed by atoms with Crippen LogP contribution in [-0.4, -0.2) is 36.8 Å². The maximum atomic E-state index is 9.80. The maximum absolute atomic E-state index is 9.80. The molecular formula is C19H22N4O2. The quantitative estimate of drug-likeness (QED) is 0.791. The summed E-state index contributed by atoms with van der Waals surface area (Å²) in [5.41, 5.74) is 2.78. The molecule has 1 aliphatic rings. The maximum Gasteiger partial charge on any atom is 0.213 e. The summed E-state index contributed by atoms with van der Waals surface area (Å²) in [6.45, 7) is 5.80. The molecule has 3 aromatic rings. The Kier molecular flexibility index (Phi) is 3.72. The highest BCUT2D eigenvalue weighted by Gasteiger charge is 2.23. The van der Waals surface area contributed by atoms with Crippen molar-refractivity contribution in [2.75, 3.05) is 6.61 Å². The number of imidazole rings is 1. The van der Waals surface area contributed by atoms with Gasteiger partial charge in [-0.2, -0.15) is 0 Å². The zero-order chi connectivity index (χ0) is 17.6. The van der Waals surface area contributed by atoms with Gasteiger partial charge in [0, 0.05) is 30.3 Å². The summed E-state index contributed by atoms with van der Waals surface area (Å²) in [5, 5.41) is 9.80. The minimum atomic E-state index is -0.900. The first-order valence-electron chi connectivity index (χ1n) is 8.60. The molecule has 0 spiro atoms. The third-order valence-corrected chi connectivity index (χ3v) is 4.44. The molecule has 6 heteroatoms. The average molecular weight is 338 g/mol. The standard InChI is InChI=1S/C19H22N4O2/c1-12-4-7-16-21-15-6-5-14(22-18(15)23(12)16)13-8-9-20-17(10-13)25-11-19(2,3)24/h5-6,8-10,12,24H,4,7,11H2,1-3H3/t12-/m0/s1. The number of ether oxygens (including phenoxy) is 1. The van der Waals surface area contributed by atoms with E-state index in [1.54, 1.807) is 20.0 Å². The second-order valence-electron chi connectivity index (χ2n) is 7.31. The number of aromatic nitrogens is 4. The summed E-state index contributed by atoms with van der Waals surface area (Å²) in [6.07, 6.45) is 3.83. The minimum Gasteiger partial charge on any atom is -0.475 e.